The molecule has 0 bridgehead atoms. The van der Waals surface area contributed by atoms with E-state index in [1.54, 1.807) is 6.20 Å². The minimum atomic E-state index is -0.976. The van der Waals surface area contributed by atoms with E-state index in [2.05, 4.69) is 10.2 Å². The molecule has 2 saturated heterocycles. The number of carbonyl (C=O) groups excluding carboxylic acids is 1. The molecule has 3 heterocycles. The van der Waals surface area contributed by atoms with Crippen LogP contribution in [0.2, 0.25) is 0 Å². The fourth-order valence-corrected chi connectivity index (χ4v) is 5.11. The van der Waals surface area contributed by atoms with Gasteiger partial charge in [-0.15, -0.1) is 11.8 Å². The summed E-state index contributed by atoms with van der Waals surface area (Å²) in [6, 6.07) is 8.85. The number of thioether (sulfide) groups is 1. The van der Waals surface area contributed by atoms with Crippen molar-refractivity contribution in [2.45, 2.75) is 36.1 Å². The Morgan fingerprint density at radius 2 is 2.17 bits per heavy atom. The normalized spacial score (nSPS) is 28.5. The Labute approximate surface area is 142 Å². The van der Waals surface area contributed by atoms with Crippen LogP contribution in [-0.2, 0) is 16.1 Å². The summed E-state index contributed by atoms with van der Waals surface area (Å²) >= 11 is 1.53. The smallest absolute Gasteiger partial charge is 0.327 e. The Balaban J connectivity index is 1.59. The maximum atomic E-state index is 11.8. The van der Waals surface area contributed by atoms with E-state index in [-0.39, 0.29) is 11.3 Å². The highest BCUT2D eigenvalue weighted by atomic mass is 32.2. The van der Waals surface area contributed by atoms with Crippen molar-refractivity contribution in [2.75, 3.05) is 0 Å². The predicted molar refractivity (Wildman–Crippen MR) is 88.1 cm³/mol. The lowest BCUT2D eigenvalue weighted by atomic mass is 9.96. The Kier molecular flexibility index (Phi) is 3.38. The van der Waals surface area contributed by atoms with Gasteiger partial charge in [-0.05, 0) is 6.92 Å². The van der Waals surface area contributed by atoms with Gasteiger partial charge in [0.15, 0.2) is 0 Å². The second kappa shape index (κ2) is 5.34. The van der Waals surface area contributed by atoms with Crippen LogP contribution in [0, 0.1) is 0 Å². The highest BCUT2D eigenvalue weighted by Gasteiger charge is 2.61. The molecule has 3 atom stereocenters. The van der Waals surface area contributed by atoms with Gasteiger partial charge in [0, 0.05) is 5.56 Å². The maximum absolute atomic E-state index is 11.8. The topological polar surface area (TPSA) is 88.3 Å². The van der Waals surface area contributed by atoms with Crippen LogP contribution < -0.4 is 0 Å². The molecule has 124 valence electrons. The summed E-state index contributed by atoms with van der Waals surface area (Å²) in [5, 5.41) is 18.3. The zero-order valence-electron chi connectivity index (χ0n) is 13.0. The Morgan fingerprint density at radius 1 is 1.42 bits per heavy atom. The quantitative estimate of drug-likeness (QED) is 0.845. The minimum Gasteiger partial charge on any atom is -0.480 e. The molecule has 1 aromatic carbocycles. The lowest BCUT2D eigenvalue weighted by Crippen LogP contribution is -2.58. The largest absolute Gasteiger partial charge is 0.480 e. The summed E-state index contributed by atoms with van der Waals surface area (Å²) in [6.07, 6.45) is 2.08. The van der Waals surface area contributed by atoms with Crippen LogP contribution >= 0.6 is 11.8 Å². The third kappa shape index (κ3) is 2.29. The molecule has 24 heavy (non-hydrogen) atoms. The second-order valence-corrected chi connectivity index (χ2v) is 7.97. The van der Waals surface area contributed by atoms with Gasteiger partial charge in [-0.2, -0.15) is 15.0 Å². The van der Waals surface area contributed by atoms with Gasteiger partial charge in [-0.1, -0.05) is 30.3 Å². The average molecular weight is 344 g/mol. The molecule has 1 amide bonds. The van der Waals surface area contributed by atoms with Gasteiger partial charge in [0.25, 0.3) is 0 Å². The number of nitrogens with zero attached hydrogens (tertiary/aromatic N) is 4. The Hall–Kier alpha value is -2.35. The molecule has 2 fully saturated rings. The van der Waals surface area contributed by atoms with Gasteiger partial charge < -0.3 is 10.0 Å². The van der Waals surface area contributed by atoms with Crippen LogP contribution in [0.25, 0.3) is 11.3 Å². The highest BCUT2D eigenvalue weighted by molar-refractivity contribution is 8.01. The number of fused-ring (bicyclic) bond motifs is 1. The number of carboxylic acid groups (broad SMARTS) is 1. The van der Waals surface area contributed by atoms with Gasteiger partial charge in [0.2, 0.25) is 5.91 Å². The van der Waals surface area contributed by atoms with Gasteiger partial charge in [0.1, 0.15) is 11.7 Å². The zero-order chi connectivity index (χ0) is 16.9. The van der Waals surface area contributed by atoms with Crippen molar-refractivity contribution in [3.63, 3.8) is 0 Å². The van der Waals surface area contributed by atoms with Crippen molar-refractivity contribution in [1.29, 1.82) is 0 Å². The third-order valence-corrected chi connectivity index (χ3v) is 6.06. The number of benzene rings is 1. The lowest BCUT2D eigenvalue weighted by Gasteiger charge is -2.36. The molecule has 1 aromatic heterocycles. The first kappa shape index (κ1) is 15.2. The highest BCUT2D eigenvalue weighted by Crippen LogP contribution is 2.51. The standard InChI is InChI=1S/C16H16N4O3S/c1-16(14(15(22)23)20-12(21)7-13(20)24-16)9-19-17-8-11(18-19)10-5-3-2-4-6-10/h2-6,8,13-14H,7,9H2,1H3,(H,22,23)/t13-,14+,16+/m1/s1. The first-order valence-electron chi connectivity index (χ1n) is 7.65. The molecule has 7 nitrogen and oxygen atoms in total. The molecule has 1 N–H and O–H groups in total. The SMILES string of the molecule is C[C@@]1(Cn2ncc(-c3ccccc3)n2)S[C@@H]2CC(=O)N2[C@H]1C(=O)O. The minimum absolute atomic E-state index is 0.0484. The van der Waals surface area contributed by atoms with Crippen LogP contribution in [0.5, 0.6) is 0 Å². The van der Waals surface area contributed by atoms with Crippen molar-refractivity contribution in [2.24, 2.45) is 0 Å². The van der Waals surface area contributed by atoms with E-state index in [9.17, 15) is 14.7 Å². The maximum Gasteiger partial charge on any atom is 0.327 e. The Bertz CT molecular complexity index is 809. The monoisotopic (exact) mass is 344 g/mol. The first-order chi connectivity index (χ1) is 11.5. The van der Waals surface area contributed by atoms with Crippen molar-refractivity contribution < 1.29 is 14.7 Å². The van der Waals surface area contributed by atoms with Crippen molar-refractivity contribution in [1.82, 2.24) is 19.9 Å². The number of rotatable bonds is 4. The lowest BCUT2D eigenvalue weighted by molar-refractivity contribution is -0.157. The molecule has 0 aliphatic carbocycles. The van der Waals surface area contributed by atoms with Crippen molar-refractivity contribution >= 4 is 23.6 Å². The van der Waals surface area contributed by atoms with Gasteiger partial charge in [0.05, 0.1) is 29.3 Å². The van der Waals surface area contributed by atoms with Gasteiger partial charge >= 0.3 is 5.97 Å². The summed E-state index contributed by atoms with van der Waals surface area (Å²) < 4.78 is -0.657. The third-order valence-electron chi connectivity index (χ3n) is 4.50. The second-order valence-electron chi connectivity index (χ2n) is 6.26. The summed E-state index contributed by atoms with van der Waals surface area (Å²) in [5.41, 5.74) is 1.70. The molecule has 0 unspecified atom stereocenters. The van der Waals surface area contributed by atoms with Crippen LogP contribution in [0.3, 0.4) is 0 Å². The zero-order valence-corrected chi connectivity index (χ0v) is 13.8. The van der Waals surface area contributed by atoms with Crippen molar-refractivity contribution in [3.8, 4) is 11.3 Å². The average Bonchev–Trinajstić information content (AvgIpc) is 3.09. The van der Waals surface area contributed by atoms with Crippen LogP contribution in [0.4, 0.5) is 0 Å². The molecule has 4 rings (SSSR count). The van der Waals surface area contributed by atoms with E-state index in [1.165, 1.54) is 21.5 Å². The molecular weight excluding hydrogens is 328 g/mol. The number of hydrogen-bond donors (Lipinski definition) is 1. The van der Waals surface area contributed by atoms with E-state index in [4.69, 9.17) is 0 Å². The fourth-order valence-electron chi connectivity index (χ4n) is 3.38. The molecule has 2 aliphatic rings. The molecular formula is C16H16N4O3S. The van der Waals surface area contributed by atoms with Gasteiger partial charge in [-0.25, -0.2) is 4.79 Å². The number of β-lactam (4-membered cyclic amide) rings is 1. The number of hydrogen-bond acceptors (Lipinski definition) is 5. The number of aromatic nitrogens is 3. The van der Waals surface area contributed by atoms with Crippen LogP contribution in [0.15, 0.2) is 36.5 Å². The van der Waals surface area contributed by atoms with E-state index >= 15 is 0 Å². The molecule has 0 saturated carbocycles. The fraction of sp³-hybridized carbons (Fsp3) is 0.375. The van der Waals surface area contributed by atoms with Crippen molar-refractivity contribution in [3.05, 3.63) is 36.5 Å². The summed E-state index contributed by atoms with van der Waals surface area (Å²) in [4.78, 5) is 26.5. The first-order valence-corrected chi connectivity index (χ1v) is 8.53. The van der Waals surface area contributed by atoms with E-state index in [0.717, 1.165) is 11.3 Å². The predicted octanol–water partition coefficient (Wildman–Crippen LogP) is 1.46. The van der Waals surface area contributed by atoms with Gasteiger partial charge in [-0.3, -0.25) is 4.79 Å². The molecule has 2 aliphatic heterocycles. The van der Waals surface area contributed by atoms with E-state index in [1.807, 2.05) is 37.3 Å². The van der Waals surface area contributed by atoms with E-state index in [0.29, 0.717) is 13.0 Å². The molecule has 0 radical (unpaired) electrons. The number of aliphatic carboxylic acids is 1. The molecule has 8 heteroatoms. The summed E-state index contributed by atoms with van der Waals surface area (Å²) in [7, 11) is 0. The molecule has 2 aromatic rings. The number of amides is 1. The molecule has 0 spiro atoms. The Morgan fingerprint density at radius 3 is 2.83 bits per heavy atom. The number of carbonyl (C=O) groups is 2. The summed E-state index contributed by atoms with van der Waals surface area (Å²) in [6.45, 7) is 2.20. The van der Waals surface area contributed by atoms with E-state index < -0.39 is 16.8 Å². The number of carboxylic acids is 1. The van der Waals surface area contributed by atoms with Crippen LogP contribution in [-0.4, -0.2) is 53.0 Å². The summed E-state index contributed by atoms with van der Waals surface area (Å²) in [5.74, 6) is -1.07. The van der Waals surface area contributed by atoms with Crippen LogP contribution in [0.1, 0.15) is 13.3 Å².